The summed E-state index contributed by atoms with van der Waals surface area (Å²) in [7, 11) is 1.52. The fourth-order valence-electron chi connectivity index (χ4n) is 4.57. The van der Waals surface area contributed by atoms with Crippen molar-refractivity contribution in [1.82, 2.24) is 24.9 Å². The Labute approximate surface area is 207 Å². The van der Waals surface area contributed by atoms with Crippen LogP contribution >= 0.6 is 0 Å². The lowest BCUT2D eigenvalue weighted by molar-refractivity contribution is 0.0363. The zero-order valence-corrected chi connectivity index (χ0v) is 20.4. The van der Waals surface area contributed by atoms with Crippen LogP contribution in [0.2, 0.25) is 0 Å². The van der Waals surface area contributed by atoms with Gasteiger partial charge in [-0.1, -0.05) is 0 Å². The summed E-state index contributed by atoms with van der Waals surface area (Å²) in [6.07, 6.45) is 3.60. The summed E-state index contributed by atoms with van der Waals surface area (Å²) in [5.41, 5.74) is 5.19. The summed E-state index contributed by atoms with van der Waals surface area (Å²) < 4.78 is 12.7. The van der Waals surface area contributed by atoms with Crippen LogP contribution in [0, 0.1) is 0 Å². The Morgan fingerprint density at radius 3 is 2.81 bits per heavy atom. The molecule has 10 nitrogen and oxygen atoms in total. The molecule has 0 unspecified atom stereocenters. The van der Waals surface area contributed by atoms with Crippen LogP contribution in [0.3, 0.4) is 0 Å². The van der Waals surface area contributed by atoms with Crippen molar-refractivity contribution in [2.45, 2.75) is 13.5 Å². The Hall–Kier alpha value is -3.73. The molecule has 5 rings (SSSR count). The van der Waals surface area contributed by atoms with Gasteiger partial charge >= 0.3 is 0 Å². The number of nitrogens with zero attached hydrogens (tertiary/aromatic N) is 3. The highest BCUT2D eigenvalue weighted by atomic mass is 16.6. The third-order valence-corrected chi connectivity index (χ3v) is 6.40. The number of aromatic nitrogens is 3. The van der Waals surface area contributed by atoms with Gasteiger partial charge in [-0.25, -0.2) is 10.5 Å². The van der Waals surface area contributed by atoms with Crippen LogP contribution in [0.5, 0.6) is 5.75 Å². The van der Waals surface area contributed by atoms with Crippen molar-refractivity contribution in [2.24, 2.45) is 0 Å². The first-order valence-corrected chi connectivity index (χ1v) is 12.0. The molecule has 1 aliphatic rings. The standard InChI is InChI=1S/C26H29N5O5/c1-3-36-29-25(32)18-12-17(13-20(14-18)34-2)22-15-19-16-28-24-21(4-5-27-24)23(19)31(26(22)33)7-6-30-8-10-35-11-9-30/h4-5,12-16H,3,6-11H2,1-2H3,(H,27,28)(H,29,32). The number of H-pyrrole nitrogens is 1. The number of morpholine rings is 1. The number of methoxy groups -OCH3 is 1. The Morgan fingerprint density at radius 1 is 1.19 bits per heavy atom. The van der Waals surface area contributed by atoms with Gasteiger partial charge in [0.05, 0.1) is 32.4 Å². The van der Waals surface area contributed by atoms with Gasteiger partial charge in [-0.05, 0) is 42.8 Å². The molecule has 36 heavy (non-hydrogen) atoms. The Kier molecular flexibility index (Phi) is 6.99. The topological polar surface area (TPSA) is 111 Å². The van der Waals surface area contributed by atoms with Crippen molar-refractivity contribution in [2.75, 3.05) is 46.6 Å². The summed E-state index contributed by atoms with van der Waals surface area (Å²) in [5.74, 6) is 0.0499. The monoisotopic (exact) mass is 491 g/mol. The molecule has 1 aliphatic heterocycles. The molecule has 4 aromatic rings. The second-order valence-corrected chi connectivity index (χ2v) is 8.59. The molecule has 0 bridgehead atoms. The minimum absolute atomic E-state index is 0.145. The van der Waals surface area contributed by atoms with Crippen molar-refractivity contribution in [3.05, 3.63) is 58.6 Å². The van der Waals surface area contributed by atoms with Gasteiger partial charge in [-0.3, -0.25) is 19.3 Å². The van der Waals surface area contributed by atoms with E-state index in [1.54, 1.807) is 31.3 Å². The minimum atomic E-state index is -0.416. The number of pyridine rings is 2. The van der Waals surface area contributed by atoms with Crippen molar-refractivity contribution in [1.29, 1.82) is 0 Å². The molecule has 10 heteroatoms. The molecular weight excluding hydrogens is 462 g/mol. The van der Waals surface area contributed by atoms with Crippen LogP contribution in [0.4, 0.5) is 0 Å². The number of hydroxylamine groups is 1. The molecule has 1 fully saturated rings. The highest BCUT2D eigenvalue weighted by Gasteiger charge is 2.19. The molecule has 4 heterocycles. The Bertz CT molecular complexity index is 1450. The summed E-state index contributed by atoms with van der Waals surface area (Å²) in [6.45, 7) is 6.40. The highest BCUT2D eigenvalue weighted by Crippen LogP contribution is 2.29. The van der Waals surface area contributed by atoms with E-state index in [0.717, 1.165) is 41.6 Å². The van der Waals surface area contributed by atoms with Crippen LogP contribution < -0.4 is 15.8 Å². The maximum absolute atomic E-state index is 14.0. The van der Waals surface area contributed by atoms with E-state index in [4.69, 9.17) is 14.3 Å². The second kappa shape index (κ2) is 10.5. The van der Waals surface area contributed by atoms with Crippen molar-refractivity contribution >= 4 is 27.8 Å². The van der Waals surface area contributed by atoms with E-state index in [1.165, 1.54) is 7.11 Å². The molecule has 1 saturated heterocycles. The number of ether oxygens (including phenoxy) is 2. The van der Waals surface area contributed by atoms with E-state index in [1.807, 2.05) is 22.9 Å². The predicted octanol–water partition coefficient (Wildman–Crippen LogP) is 2.57. The minimum Gasteiger partial charge on any atom is -0.497 e. The summed E-state index contributed by atoms with van der Waals surface area (Å²) >= 11 is 0. The molecular formula is C26H29N5O5. The van der Waals surface area contributed by atoms with Crippen LogP contribution in [-0.4, -0.2) is 71.9 Å². The van der Waals surface area contributed by atoms with Gasteiger partial charge in [0.15, 0.2) is 0 Å². The van der Waals surface area contributed by atoms with Gasteiger partial charge < -0.3 is 19.0 Å². The number of aromatic amines is 1. The molecule has 1 amide bonds. The van der Waals surface area contributed by atoms with Crippen LogP contribution in [0.15, 0.2) is 47.5 Å². The second-order valence-electron chi connectivity index (χ2n) is 8.59. The van der Waals surface area contributed by atoms with E-state index in [9.17, 15) is 9.59 Å². The SMILES string of the molecule is CCONC(=O)c1cc(OC)cc(-c2cc3cnc4[nH]ccc4c3n(CCN3CCOCC3)c2=O)c1. The number of fused-ring (bicyclic) bond motifs is 3. The number of hydrogen-bond donors (Lipinski definition) is 2. The normalized spacial score (nSPS) is 14.4. The lowest BCUT2D eigenvalue weighted by atomic mass is 10.0. The number of nitrogens with one attached hydrogen (secondary N) is 2. The predicted molar refractivity (Wildman–Crippen MR) is 136 cm³/mol. The summed E-state index contributed by atoms with van der Waals surface area (Å²) in [6, 6.07) is 8.82. The average Bonchev–Trinajstić information content (AvgIpc) is 3.40. The maximum atomic E-state index is 14.0. The van der Waals surface area contributed by atoms with Crippen molar-refractivity contribution < 1.29 is 19.1 Å². The quantitative estimate of drug-likeness (QED) is 0.365. The van der Waals surface area contributed by atoms with E-state index in [0.29, 0.717) is 48.8 Å². The first-order valence-electron chi connectivity index (χ1n) is 12.0. The van der Waals surface area contributed by atoms with Crippen LogP contribution in [-0.2, 0) is 16.1 Å². The number of carbonyl (C=O) groups excluding carboxylic acids is 1. The van der Waals surface area contributed by atoms with Crippen LogP contribution in [0.1, 0.15) is 17.3 Å². The van der Waals surface area contributed by atoms with Gasteiger partial charge in [0.2, 0.25) is 0 Å². The number of carbonyl (C=O) groups is 1. The van der Waals surface area contributed by atoms with Gasteiger partial charge in [0.1, 0.15) is 11.4 Å². The molecule has 0 spiro atoms. The van der Waals surface area contributed by atoms with Gasteiger partial charge in [0.25, 0.3) is 11.5 Å². The van der Waals surface area contributed by atoms with Crippen molar-refractivity contribution in [3.8, 4) is 16.9 Å². The Morgan fingerprint density at radius 2 is 2.03 bits per heavy atom. The smallest absolute Gasteiger partial charge is 0.274 e. The molecule has 0 radical (unpaired) electrons. The summed E-state index contributed by atoms with van der Waals surface area (Å²) in [5, 5.41) is 1.72. The number of hydrogen-bond acceptors (Lipinski definition) is 7. The third-order valence-electron chi connectivity index (χ3n) is 6.40. The molecule has 0 saturated carbocycles. The van der Waals surface area contributed by atoms with E-state index < -0.39 is 5.91 Å². The zero-order valence-electron chi connectivity index (χ0n) is 20.4. The first kappa shape index (κ1) is 24.0. The van der Waals surface area contributed by atoms with E-state index in [-0.39, 0.29) is 5.56 Å². The lowest BCUT2D eigenvalue weighted by Crippen LogP contribution is -2.39. The van der Waals surface area contributed by atoms with Crippen LogP contribution in [0.25, 0.3) is 33.1 Å². The number of benzene rings is 1. The molecule has 3 aromatic heterocycles. The highest BCUT2D eigenvalue weighted by molar-refractivity contribution is 6.03. The first-order chi connectivity index (χ1) is 17.6. The fourth-order valence-corrected chi connectivity index (χ4v) is 4.57. The molecule has 0 aliphatic carbocycles. The fraction of sp³-hybridized carbons (Fsp3) is 0.346. The Balaban J connectivity index is 1.65. The number of rotatable bonds is 8. The molecule has 2 N–H and O–H groups in total. The summed E-state index contributed by atoms with van der Waals surface area (Å²) in [4.78, 5) is 41.6. The average molecular weight is 492 g/mol. The maximum Gasteiger partial charge on any atom is 0.274 e. The lowest BCUT2D eigenvalue weighted by Gasteiger charge is -2.27. The largest absolute Gasteiger partial charge is 0.497 e. The van der Waals surface area contributed by atoms with E-state index in [2.05, 4.69) is 20.3 Å². The van der Waals surface area contributed by atoms with E-state index >= 15 is 0 Å². The zero-order chi connectivity index (χ0) is 25.1. The van der Waals surface area contributed by atoms with Gasteiger partial charge in [0, 0.05) is 60.5 Å². The van der Waals surface area contributed by atoms with Gasteiger partial charge in [-0.2, -0.15) is 0 Å². The molecule has 188 valence electrons. The van der Waals surface area contributed by atoms with Gasteiger partial charge in [-0.15, -0.1) is 0 Å². The number of amides is 1. The molecule has 1 aromatic carbocycles. The van der Waals surface area contributed by atoms with Crippen molar-refractivity contribution in [3.63, 3.8) is 0 Å². The molecule has 0 atom stereocenters. The third kappa shape index (κ3) is 4.70.